The van der Waals surface area contributed by atoms with Gasteiger partial charge in [0.1, 0.15) is 0 Å². The molecule has 2 aliphatic heterocycles. The number of hydrogen-bond acceptors (Lipinski definition) is 5. The first-order valence-corrected chi connectivity index (χ1v) is 7.30. The molecule has 2 fully saturated rings. The van der Waals surface area contributed by atoms with Gasteiger partial charge < -0.3 is 20.1 Å². The third kappa shape index (κ3) is 2.69. The van der Waals surface area contributed by atoms with E-state index < -0.39 is 0 Å². The maximum Gasteiger partial charge on any atom is 0.257 e. The van der Waals surface area contributed by atoms with E-state index in [1.165, 1.54) is 7.11 Å². The summed E-state index contributed by atoms with van der Waals surface area (Å²) in [6.45, 7) is 5.28. The van der Waals surface area contributed by atoms with Gasteiger partial charge in [0.15, 0.2) is 11.5 Å². The van der Waals surface area contributed by atoms with E-state index in [2.05, 4.69) is 10.2 Å². The van der Waals surface area contributed by atoms with Crippen molar-refractivity contribution in [2.45, 2.75) is 6.04 Å². The summed E-state index contributed by atoms with van der Waals surface area (Å²) in [7, 11) is 1.48. The average molecular weight is 291 g/mol. The van der Waals surface area contributed by atoms with E-state index in [0.29, 0.717) is 30.4 Å². The number of methoxy groups -OCH3 is 1. The van der Waals surface area contributed by atoms with Crippen LogP contribution in [0.4, 0.5) is 0 Å². The number of aromatic hydroxyl groups is 1. The Morgan fingerprint density at radius 3 is 2.57 bits per heavy atom. The Bertz CT molecular complexity index is 523. The monoisotopic (exact) mass is 291 g/mol. The number of amides is 1. The molecule has 0 bridgehead atoms. The van der Waals surface area contributed by atoms with E-state index >= 15 is 0 Å². The van der Waals surface area contributed by atoms with Gasteiger partial charge in [-0.1, -0.05) is 6.07 Å². The van der Waals surface area contributed by atoms with Crippen LogP contribution in [0, 0.1) is 0 Å². The highest BCUT2D eigenvalue weighted by Gasteiger charge is 2.30. The van der Waals surface area contributed by atoms with Crippen molar-refractivity contribution in [2.24, 2.45) is 0 Å². The van der Waals surface area contributed by atoms with Crippen LogP contribution >= 0.6 is 0 Å². The van der Waals surface area contributed by atoms with Crippen molar-refractivity contribution in [2.75, 3.05) is 46.4 Å². The van der Waals surface area contributed by atoms with Crippen LogP contribution in [-0.2, 0) is 0 Å². The summed E-state index contributed by atoms with van der Waals surface area (Å²) in [5.74, 6) is 0.133. The van der Waals surface area contributed by atoms with Crippen LogP contribution in [-0.4, -0.2) is 73.2 Å². The minimum atomic E-state index is -0.127. The first kappa shape index (κ1) is 14.2. The number of benzene rings is 1. The first-order chi connectivity index (χ1) is 10.2. The second kappa shape index (κ2) is 5.91. The smallest absolute Gasteiger partial charge is 0.257 e. The highest BCUT2D eigenvalue weighted by molar-refractivity contribution is 5.97. The number of piperazine rings is 1. The van der Waals surface area contributed by atoms with Crippen molar-refractivity contribution < 1.29 is 14.6 Å². The Hall–Kier alpha value is -1.79. The molecule has 1 aromatic rings. The summed E-state index contributed by atoms with van der Waals surface area (Å²) >= 11 is 0. The number of phenols is 1. The molecule has 2 aliphatic rings. The third-order valence-corrected chi connectivity index (χ3v) is 4.33. The number of ether oxygens (including phenoxy) is 1. The van der Waals surface area contributed by atoms with Gasteiger partial charge in [-0.15, -0.1) is 0 Å². The lowest BCUT2D eigenvalue weighted by molar-refractivity contribution is 0.0499. The van der Waals surface area contributed by atoms with Crippen LogP contribution in [0.1, 0.15) is 10.4 Å². The zero-order chi connectivity index (χ0) is 14.8. The molecule has 2 heterocycles. The Morgan fingerprint density at radius 2 is 2.00 bits per heavy atom. The van der Waals surface area contributed by atoms with Crippen LogP contribution in [0.2, 0.25) is 0 Å². The molecule has 0 atom stereocenters. The summed E-state index contributed by atoms with van der Waals surface area (Å²) < 4.78 is 5.06. The van der Waals surface area contributed by atoms with E-state index in [9.17, 15) is 9.90 Å². The topological polar surface area (TPSA) is 65.0 Å². The lowest BCUT2D eigenvalue weighted by atomic mass is 10.1. The molecular formula is C15H21N3O3. The van der Waals surface area contributed by atoms with Gasteiger partial charge in [0.2, 0.25) is 0 Å². The Kier molecular flexibility index (Phi) is 3.98. The number of carbonyl (C=O) groups excluding carboxylic acids is 1. The standard InChI is InChI=1S/C15H21N3O3/c1-21-13-4-2-3-12(14(13)19)15(20)18-7-5-17(6-8-18)11-9-16-10-11/h2-4,11,16,19H,5-10H2,1H3. The van der Waals surface area contributed by atoms with Crippen LogP contribution in [0.5, 0.6) is 11.5 Å². The zero-order valence-electron chi connectivity index (χ0n) is 12.2. The van der Waals surface area contributed by atoms with Crippen LogP contribution in [0.15, 0.2) is 18.2 Å². The molecular weight excluding hydrogens is 270 g/mol. The molecule has 3 rings (SSSR count). The first-order valence-electron chi connectivity index (χ1n) is 7.30. The zero-order valence-corrected chi connectivity index (χ0v) is 12.2. The Labute approximate surface area is 124 Å². The lowest BCUT2D eigenvalue weighted by Crippen LogP contribution is -2.62. The molecule has 6 nitrogen and oxygen atoms in total. The van der Waals surface area contributed by atoms with Gasteiger partial charge in [-0.2, -0.15) is 0 Å². The molecule has 0 aromatic heterocycles. The van der Waals surface area contributed by atoms with E-state index in [1.54, 1.807) is 23.1 Å². The van der Waals surface area contributed by atoms with E-state index in [0.717, 1.165) is 26.2 Å². The summed E-state index contributed by atoms with van der Waals surface area (Å²) in [4.78, 5) is 16.8. The van der Waals surface area contributed by atoms with Crippen molar-refractivity contribution in [1.29, 1.82) is 0 Å². The van der Waals surface area contributed by atoms with Gasteiger partial charge in [0.05, 0.1) is 12.7 Å². The van der Waals surface area contributed by atoms with Gasteiger partial charge in [-0.05, 0) is 12.1 Å². The van der Waals surface area contributed by atoms with Gasteiger partial charge in [0, 0.05) is 45.3 Å². The molecule has 2 N–H and O–H groups in total. The molecule has 114 valence electrons. The molecule has 2 saturated heterocycles. The fraction of sp³-hybridized carbons (Fsp3) is 0.533. The number of nitrogens with one attached hydrogen (secondary N) is 1. The van der Waals surface area contributed by atoms with Gasteiger partial charge in [-0.25, -0.2) is 0 Å². The number of carbonyl (C=O) groups is 1. The number of para-hydroxylation sites is 1. The van der Waals surface area contributed by atoms with Crippen LogP contribution < -0.4 is 10.1 Å². The fourth-order valence-corrected chi connectivity index (χ4v) is 2.85. The summed E-state index contributed by atoms with van der Waals surface area (Å²) in [5.41, 5.74) is 0.313. The number of rotatable bonds is 3. The maximum atomic E-state index is 12.5. The summed E-state index contributed by atoms with van der Waals surface area (Å²) in [5, 5.41) is 13.4. The molecule has 0 spiro atoms. The quantitative estimate of drug-likeness (QED) is 0.829. The lowest BCUT2D eigenvalue weighted by Gasteiger charge is -2.43. The second-order valence-corrected chi connectivity index (χ2v) is 5.50. The molecule has 6 heteroatoms. The van der Waals surface area contributed by atoms with Crippen LogP contribution in [0.25, 0.3) is 0 Å². The normalized spacial score (nSPS) is 20.1. The largest absolute Gasteiger partial charge is 0.504 e. The van der Waals surface area contributed by atoms with Crippen molar-refractivity contribution in [3.63, 3.8) is 0 Å². The molecule has 1 aromatic carbocycles. The Morgan fingerprint density at radius 1 is 1.29 bits per heavy atom. The maximum absolute atomic E-state index is 12.5. The number of nitrogens with zero attached hydrogens (tertiary/aromatic N) is 2. The molecule has 0 unspecified atom stereocenters. The summed E-state index contributed by atoms with van der Waals surface area (Å²) in [6.07, 6.45) is 0. The summed E-state index contributed by atoms with van der Waals surface area (Å²) in [6, 6.07) is 5.63. The fourth-order valence-electron chi connectivity index (χ4n) is 2.85. The van der Waals surface area contributed by atoms with Crippen molar-refractivity contribution in [3.8, 4) is 11.5 Å². The average Bonchev–Trinajstić information content (AvgIpc) is 2.46. The van der Waals surface area contributed by atoms with Crippen molar-refractivity contribution >= 4 is 5.91 Å². The van der Waals surface area contributed by atoms with Gasteiger partial charge >= 0.3 is 0 Å². The molecule has 0 saturated carbocycles. The predicted octanol–water partition coefficient (Wildman–Crippen LogP) is 0.130. The minimum absolute atomic E-state index is 0.0735. The predicted molar refractivity (Wildman–Crippen MR) is 78.8 cm³/mol. The number of phenolic OH excluding ortho intramolecular Hbond substituents is 1. The molecule has 1 amide bonds. The Balaban J connectivity index is 1.66. The molecule has 21 heavy (non-hydrogen) atoms. The van der Waals surface area contributed by atoms with Gasteiger partial charge in [-0.3, -0.25) is 9.69 Å². The number of hydrogen-bond donors (Lipinski definition) is 2. The van der Waals surface area contributed by atoms with E-state index in [4.69, 9.17) is 4.74 Å². The van der Waals surface area contributed by atoms with Gasteiger partial charge in [0.25, 0.3) is 5.91 Å². The van der Waals surface area contributed by atoms with Crippen molar-refractivity contribution in [1.82, 2.24) is 15.1 Å². The highest BCUT2D eigenvalue weighted by Crippen LogP contribution is 2.30. The second-order valence-electron chi connectivity index (χ2n) is 5.50. The molecule has 0 aliphatic carbocycles. The molecule has 0 radical (unpaired) electrons. The minimum Gasteiger partial charge on any atom is -0.504 e. The van der Waals surface area contributed by atoms with Crippen molar-refractivity contribution in [3.05, 3.63) is 23.8 Å². The highest BCUT2D eigenvalue weighted by atomic mass is 16.5. The third-order valence-electron chi connectivity index (χ3n) is 4.33. The SMILES string of the molecule is COc1cccc(C(=O)N2CCN(C3CNC3)CC2)c1O. The van der Waals surface area contributed by atoms with Crippen LogP contribution in [0.3, 0.4) is 0 Å². The van der Waals surface area contributed by atoms with E-state index in [-0.39, 0.29) is 11.7 Å². The van der Waals surface area contributed by atoms with E-state index in [1.807, 2.05) is 0 Å².